The highest BCUT2D eigenvalue weighted by Gasteiger charge is 2.24. The first-order valence-corrected chi connectivity index (χ1v) is 24.4. The molecule has 2 N–H and O–H groups in total. The van der Waals surface area contributed by atoms with E-state index in [9.17, 15) is 0 Å². The van der Waals surface area contributed by atoms with Crippen LogP contribution in [0.1, 0.15) is 28.9 Å². The third-order valence-corrected chi connectivity index (χ3v) is 14.1. The van der Waals surface area contributed by atoms with Crippen LogP contribution in [0.5, 0.6) is 0 Å². The van der Waals surface area contributed by atoms with Crippen LogP contribution in [0.25, 0.3) is 99.9 Å². The van der Waals surface area contributed by atoms with E-state index in [0.29, 0.717) is 0 Å². The number of aromatic nitrogens is 2. The molecule has 2 unspecified atom stereocenters. The summed E-state index contributed by atoms with van der Waals surface area (Å²) in [5.74, 6) is 0.934. The van der Waals surface area contributed by atoms with Crippen molar-refractivity contribution in [2.24, 2.45) is 0 Å². The average Bonchev–Trinajstić information content (AvgIpc) is 3.85. The van der Waals surface area contributed by atoms with Crippen molar-refractivity contribution in [3.63, 3.8) is 0 Å². The second kappa shape index (κ2) is 18.1. The lowest BCUT2D eigenvalue weighted by Gasteiger charge is -2.33. The van der Waals surface area contributed by atoms with Gasteiger partial charge in [0.2, 0.25) is 0 Å². The van der Waals surface area contributed by atoms with Gasteiger partial charge in [0.15, 0.2) is 0 Å². The predicted molar refractivity (Wildman–Crippen MR) is 296 cm³/mol. The minimum absolute atomic E-state index is 0.0295. The molecule has 0 saturated carbocycles. The van der Waals surface area contributed by atoms with Crippen LogP contribution in [0.4, 0.5) is 0 Å². The molecule has 0 fully saturated rings. The Labute approximate surface area is 413 Å². The van der Waals surface area contributed by atoms with Gasteiger partial charge >= 0.3 is 0 Å². The Hall–Kier alpha value is -9.09. The van der Waals surface area contributed by atoms with E-state index >= 15 is 0 Å². The molecule has 0 bridgehead atoms. The summed E-state index contributed by atoms with van der Waals surface area (Å²) in [7, 11) is 0. The zero-order chi connectivity index (χ0) is 47.1. The summed E-state index contributed by atoms with van der Waals surface area (Å²) in [6.07, 6.45) is 2.27. The third-order valence-electron chi connectivity index (χ3n) is 14.1. The Morgan fingerprint density at radius 2 is 0.859 bits per heavy atom. The number of hydrogen-bond acceptors (Lipinski definition) is 3. The Morgan fingerprint density at radius 1 is 0.366 bits per heavy atom. The lowest BCUT2D eigenvalue weighted by atomic mass is 9.91. The molecule has 1 aliphatic heterocycles. The van der Waals surface area contributed by atoms with E-state index < -0.39 is 0 Å². The van der Waals surface area contributed by atoms with Crippen LogP contribution in [0, 0.1) is 0 Å². The second-order valence-electron chi connectivity index (χ2n) is 18.4. The van der Waals surface area contributed by atoms with Gasteiger partial charge in [-0.1, -0.05) is 224 Å². The van der Waals surface area contributed by atoms with E-state index in [1.807, 2.05) is 6.07 Å². The number of para-hydroxylation sites is 3. The van der Waals surface area contributed by atoms with Crippen LogP contribution in [0.2, 0.25) is 0 Å². The van der Waals surface area contributed by atoms with Crippen LogP contribution in [-0.4, -0.2) is 9.55 Å². The monoisotopic (exact) mass is 908 g/mol. The van der Waals surface area contributed by atoms with E-state index in [1.165, 1.54) is 77.2 Å². The van der Waals surface area contributed by atoms with Gasteiger partial charge in [0.05, 0.1) is 17.1 Å². The average molecular weight is 909 g/mol. The van der Waals surface area contributed by atoms with Gasteiger partial charge in [0, 0.05) is 16.9 Å². The molecule has 1 aliphatic rings. The van der Waals surface area contributed by atoms with Crippen molar-refractivity contribution in [2.75, 3.05) is 0 Å². The van der Waals surface area contributed by atoms with Crippen molar-refractivity contribution < 1.29 is 0 Å². The predicted octanol–water partition coefficient (Wildman–Crippen LogP) is 16.6. The first-order valence-electron chi connectivity index (χ1n) is 24.4. The molecule has 4 heteroatoms. The number of nitrogens with one attached hydrogen (secondary N) is 2. The standard InChI is InChI=1S/C67H48N4/c1-4-14-45(15-5-1)46-26-32-49(33-27-46)63-44-64(69-66(68-63)51-16-6-2-7-17-51)50-34-28-47(29-35-50)53-38-40-58-55(42-53)18-12-22-60(58)61-23-13-19-56-43-54(39-41-59(56)61)48-30-36-52(37-31-48)67-70-62-24-10-11-25-65(62)71(67)57-20-8-3-9-21-57/h1-44,63,66,68-69H. The Morgan fingerprint density at radius 3 is 1.49 bits per heavy atom. The number of imidazole rings is 1. The fraction of sp³-hybridized carbons (Fsp3) is 0.0299. The molecule has 0 spiro atoms. The summed E-state index contributed by atoms with van der Waals surface area (Å²) >= 11 is 0. The highest BCUT2D eigenvalue weighted by atomic mass is 15.2. The zero-order valence-electron chi connectivity index (χ0n) is 39.0. The lowest BCUT2D eigenvalue weighted by Crippen LogP contribution is -2.39. The fourth-order valence-corrected chi connectivity index (χ4v) is 10.5. The van der Waals surface area contributed by atoms with E-state index in [2.05, 4.69) is 276 Å². The van der Waals surface area contributed by atoms with E-state index in [4.69, 9.17) is 4.98 Å². The van der Waals surface area contributed by atoms with Crippen molar-refractivity contribution in [3.8, 4) is 61.6 Å². The quantitative estimate of drug-likeness (QED) is 0.152. The van der Waals surface area contributed by atoms with Gasteiger partial charge in [0.25, 0.3) is 0 Å². The first kappa shape index (κ1) is 42.0. The molecule has 336 valence electrons. The summed E-state index contributed by atoms with van der Waals surface area (Å²) in [5, 5.41) is 12.6. The summed E-state index contributed by atoms with van der Waals surface area (Å²) in [6.45, 7) is 0. The molecule has 2 heterocycles. The van der Waals surface area contributed by atoms with Crippen LogP contribution < -0.4 is 10.6 Å². The Bertz CT molecular complexity index is 3900. The van der Waals surface area contributed by atoms with E-state index in [1.54, 1.807) is 0 Å². The second-order valence-corrected chi connectivity index (χ2v) is 18.4. The van der Waals surface area contributed by atoms with Gasteiger partial charge < -0.3 is 5.32 Å². The van der Waals surface area contributed by atoms with E-state index in [-0.39, 0.29) is 12.2 Å². The molecule has 0 radical (unpaired) electrons. The molecule has 2 atom stereocenters. The maximum atomic E-state index is 5.09. The number of benzene rings is 11. The lowest BCUT2D eigenvalue weighted by molar-refractivity contribution is 0.442. The Kier molecular flexibility index (Phi) is 10.7. The van der Waals surface area contributed by atoms with Gasteiger partial charge in [-0.15, -0.1) is 0 Å². The molecule has 0 aliphatic carbocycles. The van der Waals surface area contributed by atoms with Crippen molar-refractivity contribution >= 4 is 38.3 Å². The Balaban J connectivity index is 0.770. The smallest absolute Gasteiger partial charge is 0.145 e. The normalized spacial score (nSPS) is 14.6. The molecule has 71 heavy (non-hydrogen) atoms. The number of hydrogen-bond donors (Lipinski definition) is 2. The van der Waals surface area contributed by atoms with Crippen molar-refractivity contribution in [1.82, 2.24) is 20.2 Å². The summed E-state index contributed by atoms with van der Waals surface area (Å²) in [6, 6.07) is 94.0. The molecule has 1 aromatic heterocycles. The topological polar surface area (TPSA) is 41.9 Å². The van der Waals surface area contributed by atoms with Gasteiger partial charge in [-0.25, -0.2) is 4.98 Å². The minimum atomic E-state index is -0.0458. The minimum Gasteiger partial charge on any atom is -0.366 e. The zero-order valence-corrected chi connectivity index (χ0v) is 39.0. The SMILES string of the molecule is C1=C(c2ccc(-c3ccc4c(-c5cccc6cc(-c7ccc(-c8nc9ccccc9n8-c8ccccc8)cc7)ccc56)cccc4c3)cc2)NC(c2ccccc2)NC1c1ccc(-c2ccccc2)cc1. The largest absolute Gasteiger partial charge is 0.366 e. The first-order chi connectivity index (χ1) is 35.2. The highest BCUT2D eigenvalue weighted by Crippen LogP contribution is 2.39. The molecule has 11 aromatic carbocycles. The van der Waals surface area contributed by atoms with Crippen molar-refractivity contribution in [2.45, 2.75) is 12.2 Å². The molecule has 13 rings (SSSR count). The van der Waals surface area contributed by atoms with Gasteiger partial charge in [-0.05, 0) is 125 Å². The molecular formula is C67H48N4. The maximum Gasteiger partial charge on any atom is 0.145 e. The van der Waals surface area contributed by atoms with Crippen LogP contribution in [0.15, 0.2) is 267 Å². The maximum absolute atomic E-state index is 5.09. The third kappa shape index (κ3) is 8.06. The fourth-order valence-electron chi connectivity index (χ4n) is 10.5. The van der Waals surface area contributed by atoms with Crippen LogP contribution >= 0.6 is 0 Å². The van der Waals surface area contributed by atoms with Crippen molar-refractivity contribution in [3.05, 3.63) is 284 Å². The summed E-state index contributed by atoms with van der Waals surface area (Å²) < 4.78 is 2.25. The summed E-state index contributed by atoms with van der Waals surface area (Å²) in [5.41, 5.74) is 18.6. The number of rotatable bonds is 9. The number of nitrogens with zero attached hydrogens (tertiary/aromatic N) is 2. The molecule has 0 saturated heterocycles. The van der Waals surface area contributed by atoms with E-state index in [0.717, 1.165) is 39.4 Å². The molecule has 4 nitrogen and oxygen atoms in total. The van der Waals surface area contributed by atoms with Gasteiger partial charge in [0.1, 0.15) is 12.0 Å². The molecular weight excluding hydrogens is 861 g/mol. The van der Waals surface area contributed by atoms with Gasteiger partial charge in [-0.2, -0.15) is 0 Å². The molecule has 12 aromatic rings. The van der Waals surface area contributed by atoms with Crippen molar-refractivity contribution in [1.29, 1.82) is 0 Å². The van der Waals surface area contributed by atoms with Gasteiger partial charge in [-0.3, -0.25) is 9.88 Å². The highest BCUT2D eigenvalue weighted by molar-refractivity contribution is 6.07. The summed E-state index contributed by atoms with van der Waals surface area (Å²) in [4.78, 5) is 5.09. The molecule has 0 amide bonds. The number of fused-ring (bicyclic) bond motifs is 3. The van der Waals surface area contributed by atoms with Crippen LogP contribution in [0.3, 0.4) is 0 Å². The van der Waals surface area contributed by atoms with Crippen LogP contribution in [-0.2, 0) is 0 Å².